The van der Waals surface area contributed by atoms with Crippen molar-refractivity contribution in [2.24, 2.45) is 0 Å². The fourth-order valence-corrected chi connectivity index (χ4v) is 4.15. The summed E-state index contributed by atoms with van der Waals surface area (Å²) >= 11 is 0. The first-order valence-electron chi connectivity index (χ1n) is 10.9. The van der Waals surface area contributed by atoms with Crippen LogP contribution >= 0.6 is 0 Å². The summed E-state index contributed by atoms with van der Waals surface area (Å²) < 4.78 is 0. The predicted octanol–water partition coefficient (Wildman–Crippen LogP) is -2.39. The molecule has 0 N–H and O–H groups in total. The predicted molar refractivity (Wildman–Crippen MR) is 149 cm³/mol. The molecule has 0 saturated carbocycles. The smallest absolute Gasteiger partial charge is 0.163 e. The van der Waals surface area contributed by atoms with Crippen molar-refractivity contribution in [2.45, 2.75) is 36.9 Å². The molecule has 2 aromatic carbocycles. The lowest BCUT2D eigenvalue weighted by Gasteiger charge is -2.29. The summed E-state index contributed by atoms with van der Waals surface area (Å²) in [4.78, 5) is 5.05. The average molecular weight is 372 g/mol. The molecule has 0 amide bonds. The molecule has 29 heavy (non-hydrogen) atoms. The summed E-state index contributed by atoms with van der Waals surface area (Å²) in [5.41, 5.74) is 8.97. The van der Waals surface area contributed by atoms with E-state index in [1.54, 1.807) is 0 Å². The number of benzene rings is 2. The lowest BCUT2D eigenvalue weighted by Crippen LogP contribution is -2.32. The van der Waals surface area contributed by atoms with E-state index in [4.69, 9.17) is 4.98 Å². The van der Waals surface area contributed by atoms with Crippen molar-refractivity contribution < 1.29 is 0 Å². The van der Waals surface area contributed by atoms with Gasteiger partial charge in [0.15, 0.2) is 7.85 Å². The highest BCUT2D eigenvalue weighted by molar-refractivity contribution is 6.60. The van der Waals surface area contributed by atoms with E-state index in [-0.39, 0.29) is 10.2 Å². The molecule has 0 aliphatic heterocycles. The van der Waals surface area contributed by atoms with Crippen LogP contribution in [-0.4, -0.2) is 59.9 Å². The first kappa shape index (κ1) is 22.0. The van der Waals surface area contributed by atoms with Gasteiger partial charge in [0.25, 0.3) is 0 Å². The monoisotopic (exact) mass is 373 g/mol. The van der Waals surface area contributed by atoms with Crippen molar-refractivity contribution in [2.75, 3.05) is 0 Å². The molecule has 0 bridgehead atoms. The van der Waals surface area contributed by atoms with E-state index in [0.29, 0.717) is 5.92 Å². The second kappa shape index (κ2) is 7.53. The highest BCUT2D eigenvalue weighted by Gasteiger charge is 2.24. The van der Waals surface area contributed by atoms with E-state index in [1.807, 2.05) is 0 Å². The van der Waals surface area contributed by atoms with Crippen LogP contribution in [-0.2, 0) is 10.2 Å². The third-order valence-electron chi connectivity index (χ3n) is 5.99. The number of aromatic nitrogens is 1. The topological polar surface area (TPSA) is 12.9 Å². The lowest BCUT2D eigenvalue weighted by molar-refractivity contribution is 0.869. The van der Waals surface area contributed by atoms with E-state index in [0.717, 1.165) is 11.3 Å². The summed E-state index contributed by atoms with van der Waals surface area (Å²) in [6.07, 6.45) is 0. The summed E-state index contributed by atoms with van der Waals surface area (Å²) in [5.74, 6) is 0.523. The first-order valence-corrected chi connectivity index (χ1v) is 10.9. The number of hydrogen-bond acceptors (Lipinski definition) is 1. The van der Waals surface area contributed by atoms with Crippen molar-refractivity contribution in [3.05, 3.63) is 58.7 Å². The minimum atomic E-state index is 0.0878. The van der Waals surface area contributed by atoms with Gasteiger partial charge < -0.3 is 0 Å². The van der Waals surface area contributed by atoms with E-state index < -0.39 is 0 Å². The molecule has 0 atom stereocenters. The Bertz CT molecular complexity index is 1080. The quantitative estimate of drug-likeness (QED) is 0.466. The molecule has 0 spiro atoms. The van der Waals surface area contributed by atoms with Crippen LogP contribution in [0.2, 0.25) is 0 Å². The SMILES string of the molecule is Bc1cc2cc(C(C)C)ccc2c(-c2cc(C(B)(B)B)cc(C(B)(B)B)c2C)n1. The van der Waals surface area contributed by atoms with Crippen LogP contribution in [0, 0.1) is 6.92 Å². The molecule has 8 heteroatoms. The number of nitrogens with zero attached hydrogens (tertiary/aromatic N) is 1. The standard InChI is InChI=1S/C21H30B7N/c1-10(2)12-4-5-15-13(6-12)7-18(22)29-19(15)16-8-14(20(23,24)25)9-17(11(16)3)21(26,27)28/h4-10H,22-28H2,1-3H3. The molecule has 0 radical (unpaired) electrons. The van der Waals surface area contributed by atoms with Crippen molar-refractivity contribution in [3.8, 4) is 11.3 Å². The largest absolute Gasteiger partial charge is 0.263 e. The van der Waals surface area contributed by atoms with Gasteiger partial charge in [0.2, 0.25) is 0 Å². The minimum Gasteiger partial charge on any atom is -0.263 e. The number of hydrogen-bond donors (Lipinski definition) is 0. The molecule has 0 aliphatic carbocycles. The minimum absolute atomic E-state index is 0.0878. The molecule has 0 aliphatic rings. The van der Waals surface area contributed by atoms with Crippen LogP contribution in [0.5, 0.6) is 0 Å². The van der Waals surface area contributed by atoms with E-state index in [9.17, 15) is 0 Å². The van der Waals surface area contributed by atoms with Gasteiger partial charge in [-0.2, -0.15) is 0 Å². The van der Waals surface area contributed by atoms with Gasteiger partial charge in [-0.15, -0.1) is 0 Å². The molecule has 1 nitrogen and oxygen atoms in total. The molecular weight excluding hydrogens is 342 g/mol. The van der Waals surface area contributed by atoms with Crippen molar-refractivity contribution in [1.29, 1.82) is 0 Å². The van der Waals surface area contributed by atoms with Gasteiger partial charge in [-0.05, 0) is 41.0 Å². The van der Waals surface area contributed by atoms with Crippen LogP contribution in [0.4, 0.5) is 0 Å². The van der Waals surface area contributed by atoms with Crippen LogP contribution in [0.15, 0.2) is 36.4 Å². The molecular formula is C21H30B7N. The Morgan fingerprint density at radius 3 is 2.07 bits per heavy atom. The second-order valence-electron chi connectivity index (χ2n) is 10.9. The Hall–Kier alpha value is -1.70. The highest BCUT2D eigenvalue weighted by atomic mass is 14.7. The summed E-state index contributed by atoms with van der Waals surface area (Å²) in [6, 6.07) is 13.9. The second-order valence-corrected chi connectivity index (χ2v) is 10.9. The van der Waals surface area contributed by atoms with Gasteiger partial charge in [0.1, 0.15) is 0 Å². The third-order valence-corrected chi connectivity index (χ3v) is 5.99. The van der Waals surface area contributed by atoms with Crippen LogP contribution < -0.4 is 5.59 Å². The summed E-state index contributed by atoms with van der Waals surface area (Å²) in [6.45, 7) is 6.77. The average Bonchev–Trinajstić information content (AvgIpc) is 2.58. The lowest BCUT2D eigenvalue weighted by atomic mass is 9.37. The van der Waals surface area contributed by atoms with Gasteiger partial charge in [-0.1, -0.05) is 65.5 Å². The third kappa shape index (κ3) is 4.42. The number of pyridine rings is 1. The van der Waals surface area contributed by atoms with Gasteiger partial charge in [0.05, 0.1) is 52.8 Å². The maximum absolute atomic E-state index is 5.05. The molecule has 0 saturated heterocycles. The Balaban J connectivity index is 2.40. The summed E-state index contributed by atoms with van der Waals surface area (Å²) in [5, 5.41) is 2.71. The van der Waals surface area contributed by atoms with Crippen LogP contribution in [0.25, 0.3) is 22.0 Å². The van der Waals surface area contributed by atoms with Gasteiger partial charge in [-0.25, -0.2) is 0 Å². The van der Waals surface area contributed by atoms with E-state index >= 15 is 0 Å². The van der Waals surface area contributed by atoms with Crippen molar-refractivity contribution in [1.82, 2.24) is 4.98 Å². The Labute approximate surface area is 183 Å². The van der Waals surface area contributed by atoms with Crippen molar-refractivity contribution >= 4 is 71.3 Å². The molecule has 3 rings (SSSR count). The fraction of sp³-hybridized carbons (Fsp3) is 0.286. The fourth-order valence-electron chi connectivity index (χ4n) is 4.15. The zero-order valence-electron chi connectivity index (χ0n) is 20.0. The summed E-state index contributed by atoms with van der Waals surface area (Å²) in [7, 11) is 15.9. The van der Waals surface area contributed by atoms with Gasteiger partial charge >= 0.3 is 0 Å². The maximum Gasteiger partial charge on any atom is 0.163 e. The van der Waals surface area contributed by atoms with Crippen LogP contribution in [0.1, 0.15) is 42.0 Å². The Morgan fingerprint density at radius 2 is 1.52 bits per heavy atom. The Kier molecular flexibility index (Phi) is 5.71. The van der Waals surface area contributed by atoms with E-state index in [2.05, 4.69) is 112 Å². The first-order chi connectivity index (χ1) is 13.3. The zero-order valence-corrected chi connectivity index (χ0v) is 20.0. The van der Waals surface area contributed by atoms with Crippen molar-refractivity contribution in [3.63, 3.8) is 0 Å². The Morgan fingerprint density at radius 1 is 0.862 bits per heavy atom. The highest BCUT2D eigenvalue weighted by Crippen LogP contribution is 2.35. The van der Waals surface area contributed by atoms with Crippen LogP contribution in [0.3, 0.4) is 0 Å². The van der Waals surface area contributed by atoms with E-state index in [1.165, 1.54) is 38.6 Å². The number of fused-ring (bicyclic) bond motifs is 1. The molecule has 0 unspecified atom stereocenters. The van der Waals surface area contributed by atoms with Gasteiger partial charge in [0, 0.05) is 10.9 Å². The molecule has 3 aromatic rings. The molecule has 0 fully saturated rings. The zero-order chi connectivity index (χ0) is 21.7. The molecule has 140 valence electrons. The molecule has 1 aromatic heterocycles. The van der Waals surface area contributed by atoms with Gasteiger partial charge in [-0.3, -0.25) is 4.98 Å². The maximum atomic E-state index is 5.05. The molecule has 1 heterocycles. The number of rotatable bonds is 4. The normalized spacial score (nSPS) is 12.6.